The smallest absolute Gasteiger partial charge is 0.167 e. The molecule has 2 nitrogen and oxygen atoms in total. The molecule has 0 aliphatic rings. The topological polar surface area (TPSA) is 35.2 Å². The van der Waals surface area contributed by atoms with Crippen molar-refractivity contribution in [2.45, 2.75) is 13.0 Å². The number of halogens is 3. The lowest BCUT2D eigenvalue weighted by atomic mass is 10.1. The molecule has 0 saturated heterocycles. The summed E-state index contributed by atoms with van der Waals surface area (Å²) < 4.78 is 19.4. The lowest BCUT2D eigenvalue weighted by Crippen LogP contribution is -2.07. The fraction of sp³-hybridized carbons (Fsp3) is 0.143. The maximum absolute atomic E-state index is 13.9. The molecular formula is C14H12Cl2FNO. The first kappa shape index (κ1) is 14.1. The number of hydrogen-bond acceptors (Lipinski definition) is 2. The van der Waals surface area contributed by atoms with Crippen LogP contribution in [0.4, 0.5) is 4.39 Å². The average Bonchev–Trinajstić information content (AvgIpc) is 2.36. The summed E-state index contributed by atoms with van der Waals surface area (Å²) in [6.07, 6.45) is 0. The number of nitrogens with two attached hydrogens (primary N) is 1. The Morgan fingerprint density at radius 1 is 1.16 bits per heavy atom. The third-order valence-corrected chi connectivity index (χ3v) is 3.42. The van der Waals surface area contributed by atoms with Gasteiger partial charge in [-0.1, -0.05) is 41.4 Å². The van der Waals surface area contributed by atoms with E-state index in [1.165, 1.54) is 6.07 Å². The van der Waals surface area contributed by atoms with Crippen LogP contribution in [0.1, 0.15) is 18.5 Å². The second kappa shape index (κ2) is 5.78. The highest BCUT2D eigenvalue weighted by Gasteiger charge is 2.16. The Hall–Kier alpha value is -1.29. The Labute approximate surface area is 120 Å². The zero-order valence-electron chi connectivity index (χ0n) is 10.2. The third-order valence-electron chi connectivity index (χ3n) is 2.62. The van der Waals surface area contributed by atoms with Crippen LogP contribution in [-0.2, 0) is 0 Å². The molecule has 0 radical (unpaired) electrons. The van der Waals surface area contributed by atoms with Crippen molar-refractivity contribution in [3.63, 3.8) is 0 Å². The Balaban J connectivity index is 2.46. The van der Waals surface area contributed by atoms with Crippen LogP contribution in [0.3, 0.4) is 0 Å². The Kier molecular flexibility index (Phi) is 4.30. The van der Waals surface area contributed by atoms with Crippen LogP contribution in [-0.4, -0.2) is 0 Å². The minimum atomic E-state index is -0.495. The molecule has 1 atom stereocenters. The maximum atomic E-state index is 13.9. The molecule has 2 rings (SSSR count). The molecular weight excluding hydrogens is 288 g/mol. The molecule has 0 unspecified atom stereocenters. The van der Waals surface area contributed by atoms with Crippen LogP contribution in [0, 0.1) is 5.82 Å². The molecule has 0 fully saturated rings. The molecule has 0 aliphatic carbocycles. The molecule has 19 heavy (non-hydrogen) atoms. The fourth-order valence-electron chi connectivity index (χ4n) is 1.66. The molecule has 0 spiro atoms. The minimum absolute atomic E-state index is 0.0710. The lowest BCUT2D eigenvalue weighted by Gasteiger charge is -2.15. The van der Waals surface area contributed by atoms with Crippen molar-refractivity contribution in [3.8, 4) is 11.5 Å². The average molecular weight is 300 g/mol. The monoisotopic (exact) mass is 299 g/mol. The zero-order valence-corrected chi connectivity index (χ0v) is 11.7. The van der Waals surface area contributed by atoms with Crippen molar-refractivity contribution in [3.05, 3.63) is 57.8 Å². The summed E-state index contributed by atoms with van der Waals surface area (Å²) in [6, 6.07) is 9.16. The van der Waals surface area contributed by atoms with Gasteiger partial charge in [0, 0.05) is 11.6 Å². The van der Waals surface area contributed by atoms with E-state index in [4.69, 9.17) is 33.7 Å². The summed E-state index contributed by atoms with van der Waals surface area (Å²) in [7, 11) is 0. The van der Waals surface area contributed by atoms with Gasteiger partial charge in [0.05, 0.1) is 5.02 Å². The van der Waals surface area contributed by atoms with Crippen molar-refractivity contribution >= 4 is 23.2 Å². The van der Waals surface area contributed by atoms with Gasteiger partial charge in [0.2, 0.25) is 0 Å². The summed E-state index contributed by atoms with van der Waals surface area (Å²) >= 11 is 11.9. The van der Waals surface area contributed by atoms with Gasteiger partial charge in [0.1, 0.15) is 10.8 Å². The Morgan fingerprint density at radius 2 is 1.84 bits per heavy atom. The molecule has 0 heterocycles. The number of benzene rings is 2. The van der Waals surface area contributed by atoms with E-state index in [2.05, 4.69) is 0 Å². The standard InChI is InChI=1S/C14H12Cl2FNO/c1-8(18)9-4-2-6-11(17)14(9)19-12-7-3-5-10(15)13(12)16/h2-8H,18H2,1H3/t8-/m0/s1. The van der Waals surface area contributed by atoms with E-state index in [0.717, 1.165) is 0 Å². The van der Waals surface area contributed by atoms with Gasteiger partial charge < -0.3 is 10.5 Å². The molecule has 2 aromatic carbocycles. The highest BCUT2D eigenvalue weighted by atomic mass is 35.5. The third kappa shape index (κ3) is 3.00. The van der Waals surface area contributed by atoms with E-state index in [1.54, 1.807) is 37.3 Å². The molecule has 2 aromatic rings. The van der Waals surface area contributed by atoms with E-state index in [-0.39, 0.29) is 16.8 Å². The predicted molar refractivity (Wildman–Crippen MR) is 75.5 cm³/mol. The van der Waals surface area contributed by atoms with Crippen LogP contribution in [0.15, 0.2) is 36.4 Å². The van der Waals surface area contributed by atoms with Gasteiger partial charge in [-0.3, -0.25) is 0 Å². The number of hydrogen-bond donors (Lipinski definition) is 1. The number of ether oxygens (including phenoxy) is 1. The van der Waals surface area contributed by atoms with Gasteiger partial charge in [-0.15, -0.1) is 0 Å². The molecule has 0 bridgehead atoms. The first-order chi connectivity index (χ1) is 9.00. The van der Waals surface area contributed by atoms with E-state index in [9.17, 15) is 4.39 Å². The normalized spacial score (nSPS) is 12.3. The Bertz CT molecular complexity index is 602. The zero-order chi connectivity index (χ0) is 14.0. The van der Waals surface area contributed by atoms with E-state index in [1.807, 2.05) is 0 Å². The maximum Gasteiger partial charge on any atom is 0.167 e. The van der Waals surface area contributed by atoms with Gasteiger partial charge >= 0.3 is 0 Å². The van der Waals surface area contributed by atoms with E-state index >= 15 is 0 Å². The van der Waals surface area contributed by atoms with E-state index in [0.29, 0.717) is 16.3 Å². The lowest BCUT2D eigenvalue weighted by molar-refractivity contribution is 0.433. The molecule has 0 aliphatic heterocycles. The second-order valence-electron chi connectivity index (χ2n) is 4.10. The molecule has 0 aromatic heterocycles. The van der Waals surface area contributed by atoms with Crippen LogP contribution >= 0.6 is 23.2 Å². The first-order valence-electron chi connectivity index (χ1n) is 5.66. The van der Waals surface area contributed by atoms with Crippen LogP contribution in [0.25, 0.3) is 0 Å². The van der Waals surface area contributed by atoms with Crippen molar-refractivity contribution in [2.24, 2.45) is 5.73 Å². The molecule has 5 heteroatoms. The van der Waals surface area contributed by atoms with E-state index < -0.39 is 5.82 Å². The van der Waals surface area contributed by atoms with Crippen LogP contribution < -0.4 is 10.5 Å². The van der Waals surface area contributed by atoms with Gasteiger partial charge in [0.25, 0.3) is 0 Å². The quantitative estimate of drug-likeness (QED) is 0.871. The number of para-hydroxylation sites is 1. The van der Waals surface area contributed by atoms with Gasteiger partial charge in [0.15, 0.2) is 11.6 Å². The molecule has 2 N–H and O–H groups in total. The summed E-state index contributed by atoms with van der Waals surface area (Å²) in [6.45, 7) is 1.75. The van der Waals surface area contributed by atoms with Crippen molar-refractivity contribution in [1.29, 1.82) is 0 Å². The minimum Gasteiger partial charge on any atom is -0.452 e. The van der Waals surface area contributed by atoms with Crippen LogP contribution in [0.2, 0.25) is 10.0 Å². The fourth-order valence-corrected chi connectivity index (χ4v) is 1.99. The van der Waals surface area contributed by atoms with Gasteiger partial charge in [-0.2, -0.15) is 0 Å². The molecule has 0 saturated carbocycles. The SMILES string of the molecule is C[C@H](N)c1cccc(F)c1Oc1cccc(Cl)c1Cl. The summed E-state index contributed by atoms with van der Waals surface area (Å²) in [4.78, 5) is 0. The van der Waals surface area contributed by atoms with Crippen molar-refractivity contribution in [1.82, 2.24) is 0 Å². The number of rotatable bonds is 3. The highest BCUT2D eigenvalue weighted by Crippen LogP contribution is 2.37. The summed E-state index contributed by atoms with van der Waals surface area (Å²) in [5.74, 6) is -0.131. The molecule has 0 amide bonds. The summed E-state index contributed by atoms with van der Waals surface area (Å²) in [5, 5.41) is 0.584. The largest absolute Gasteiger partial charge is 0.452 e. The van der Waals surface area contributed by atoms with Crippen molar-refractivity contribution in [2.75, 3.05) is 0 Å². The second-order valence-corrected chi connectivity index (χ2v) is 4.89. The summed E-state index contributed by atoms with van der Waals surface area (Å²) in [5.41, 5.74) is 6.37. The predicted octanol–water partition coefficient (Wildman–Crippen LogP) is 4.94. The van der Waals surface area contributed by atoms with Crippen LogP contribution in [0.5, 0.6) is 11.5 Å². The highest BCUT2D eigenvalue weighted by molar-refractivity contribution is 6.42. The van der Waals surface area contributed by atoms with Gasteiger partial charge in [-0.05, 0) is 25.1 Å². The first-order valence-corrected chi connectivity index (χ1v) is 6.42. The molecule has 100 valence electrons. The Morgan fingerprint density at radius 3 is 2.53 bits per heavy atom. The van der Waals surface area contributed by atoms with Gasteiger partial charge in [-0.25, -0.2) is 4.39 Å². The van der Waals surface area contributed by atoms with Crippen molar-refractivity contribution < 1.29 is 9.13 Å².